The number of amides is 2. The van der Waals surface area contributed by atoms with Crippen LogP contribution in [0.25, 0.3) is 0 Å². The van der Waals surface area contributed by atoms with Gasteiger partial charge < -0.3 is 18.9 Å². The first-order valence-corrected chi connectivity index (χ1v) is 10.0. The van der Waals surface area contributed by atoms with Gasteiger partial charge in [0.15, 0.2) is 5.17 Å². The number of benzene rings is 2. The summed E-state index contributed by atoms with van der Waals surface area (Å²) in [4.78, 5) is 31.5. The minimum Gasteiger partial charge on any atom is -0.497 e. The topological polar surface area (TPSA) is 86.7 Å². The van der Waals surface area contributed by atoms with E-state index in [0.717, 1.165) is 0 Å². The molecule has 1 aliphatic heterocycles. The van der Waals surface area contributed by atoms with Crippen molar-refractivity contribution in [3.63, 3.8) is 0 Å². The number of rotatable bonds is 6. The average molecular weight is 430 g/mol. The first kappa shape index (κ1) is 21.5. The number of ether oxygens (including phenoxy) is 4. The summed E-state index contributed by atoms with van der Waals surface area (Å²) in [6.07, 6.45) is 0. The number of nitrogens with zero attached hydrogens (tertiary/aromatic N) is 2. The fraction of sp³-hybridized carbons (Fsp3) is 0.286. The molecule has 0 aliphatic carbocycles. The zero-order valence-electron chi connectivity index (χ0n) is 17.1. The third-order valence-corrected chi connectivity index (χ3v) is 5.37. The van der Waals surface area contributed by atoms with Gasteiger partial charge in [0.25, 0.3) is 11.8 Å². The predicted molar refractivity (Wildman–Crippen MR) is 114 cm³/mol. The largest absolute Gasteiger partial charge is 0.497 e. The number of thioether (sulfide) groups is 1. The molecule has 2 amide bonds. The third kappa shape index (κ3) is 4.68. The lowest BCUT2D eigenvalue weighted by Crippen LogP contribution is -2.32. The molecule has 3 rings (SSSR count). The number of amidine groups is 1. The van der Waals surface area contributed by atoms with E-state index in [-0.39, 0.29) is 5.91 Å². The summed E-state index contributed by atoms with van der Waals surface area (Å²) in [6.45, 7) is 0.441. The Labute approximate surface area is 178 Å². The first-order valence-electron chi connectivity index (χ1n) is 9.03. The van der Waals surface area contributed by atoms with Crippen LogP contribution >= 0.6 is 11.8 Å². The highest BCUT2D eigenvalue weighted by atomic mass is 32.2. The van der Waals surface area contributed by atoms with Crippen LogP contribution in [0.15, 0.2) is 41.4 Å². The fourth-order valence-electron chi connectivity index (χ4n) is 2.85. The number of carbonyl (C=O) groups is 2. The Morgan fingerprint density at radius 2 is 1.27 bits per heavy atom. The molecular weight excluding hydrogens is 408 g/mol. The lowest BCUT2D eigenvalue weighted by atomic mass is 10.1. The van der Waals surface area contributed by atoms with Crippen LogP contribution in [0.2, 0.25) is 0 Å². The van der Waals surface area contributed by atoms with Crippen molar-refractivity contribution in [1.29, 1.82) is 0 Å². The summed E-state index contributed by atoms with van der Waals surface area (Å²) in [7, 11) is 6.04. The van der Waals surface area contributed by atoms with E-state index in [1.54, 1.807) is 36.4 Å². The van der Waals surface area contributed by atoms with E-state index in [0.29, 0.717) is 51.6 Å². The van der Waals surface area contributed by atoms with Crippen LogP contribution in [0.3, 0.4) is 0 Å². The van der Waals surface area contributed by atoms with Gasteiger partial charge in [-0.1, -0.05) is 11.8 Å². The van der Waals surface area contributed by atoms with Gasteiger partial charge in [-0.05, 0) is 24.3 Å². The quantitative estimate of drug-likeness (QED) is 0.696. The summed E-state index contributed by atoms with van der Waals surface area (Å²) in [6, 6.07) is 9.76. The molecule has 9 heteroatoms. The molecule has 1 aliphatic rings. The molecule has 0 spiro atoms. The summed E-state index contributed by atoms with van der Waals surface area (Å²) in [5, 5.41) is 0.341. The maximum absolute atomic E-state index is 13.1. The van der Waals surface area contributed by atoms with Crippen molar-refractivity contribution >= 4 is 28.7 Å². The van der Waals surface area contributed by atoms with E-state index in [1.807, 2.05) is 0 Å². The molecule has 0 unspecified atom stereocenters. The van der Waals surface area contributed by atoms with E-state index in [1.165, 1.54) is 45.1 Å². The molecule has 2 aromatic carbocycles. The molecule has 8 nitrogen and oxygen atoms in total. The maximum atomic E-state index is 13.1. The standard InChI is InChI=1S/C21H22N2O6S/c1-26-15-7-13(8-16(11-15)27-2)19(24)22-21-23(5-6-30-21)20(25)14-9-17(28-3)12-18(10-14)29-4/h7-12H,5-6H2,1-4H3. The van der Waals surface area contributed by atoms with Crippen LogP contribution in [0, 0.1) is 0 Å². The second-order valence-corrected chi connectivity index (χ2v) is 7.27. The Morgan fingerprint density at radius 3 is 1.73 bits per heavy atom. The minimum atomic E-state index is -0.488. The molecule has 0 bridgehead atoms. The highest BCUT2D eigenvalue weighted by molar-refractivity contribution is 8.14. The summed E-state index contributed by atoms with van der Waals surface area (Å²) < 4.78 is 20.9. The van der Waals surface area contributed by atoms with Crippen molar-refractivity contribution in [2.45, 2.75) is 0 Å². The van der Waals surface area contributed by atoms with Crippen molar-refractivity contribution in [2.24, 2.45) is 4.99 Å². The molecule has 0 aromatic heterocycles. The zero-order valence-corrected chi connectivity index (χ0v) is 17.9. The van der Waals surface area contributed by atoms with Gasteiger partial charge in [0.05, 0.1) is 28.4 Å². The summed E-state index contributed by atoms with van der Waals surface area (Å²) >= 11 is 1.35. The molecule has 1 heterocycles. The maximum Gasteiger partial charge on any atom is 0.279 e. The summed E-state index contributed by atoms with van der Waals surface area (Å²) in [5.74, 6) is 1.83. The van der Waals surface area contributed by atoms with Crippen molar-refractivity contribution in [2.75, 3.05) is 40.7 Å². The zero-order chi connectivity index (χ0) is 21.7. The van der Waals surface area contributed by atoms with E-state index in [9.17, 15) is 9.59 Å². The van der Waals surface area contributed by atoms with Crippen LogP contribution < -0.4 is 18.9 Å². The van der Waals surface area contributed by atoms with E-state index in [2.05, 4.69) is 4.99 Å². The van der Waals surface area contributed by atoms with Gasteiger partial charge in [0.1, 0.15) is 23.0 Å². The third-order valence-electron chi connectivity index (χ3n) is 4.42. The molecule has 30 heavy (non-hydrogen) atoms. The van der Waals surface area contributed by atoms with Gasteiger partial charge in [-0.2, -0.15) is 4.99 Å². The molecule has 1 saturated heterocycles. The number of hydrogen-bond acceptors (Lipinski definition) is 7. The SMILES string of the molecule is COc1cc(OC)cc(C(=O)N=C2SCCN2C(=O)c2cc(OC)cc(OC)c2)c1. The van der Waals surface area contributed by atoms with Crippen molar-refractivity contribution in [3.8, 4) is 23.0 Å². The van der Waals surface area contributed by atoms with Gasteiger partial charge in [-0.15, -0.1) is 0 Å². The normalized spacial score (nSPS) is 14.5. The highest BCUT2D eigenvalue weighted by Gasteiger charge is 2.28. The number of carbonyl (C=O) groups excluding carboxylic acids is 2. The molecule has 0 atom stereocenters. The smallest absolute Gasteiger partial charge is 0.279 e. The first-order chi connectivity index (χ1) is 14.5. The number of aliphatic imine (C=N–C) groups is 1. The number of methoxy groups -OCH3 is 4. The Kier molecular flexibility index (Phi) is 6.83. The lowest BCUT2D eigenvalue weighted by molar-refractivity contribution is 0.0858. The van der Waals surface area contributed by atoms with Gasteiger partial charge in [0.2, 0.25) is 0 Å². The Hall–Kier alpha value is -3.20. The highest BCUT2D eigenvalue weighted by Crippen LogP contribution is 2.28. The van der Waals surface area contributed by atoms with Crippen LogP contribution in [-0.2, 0) is 0 Å². The van der Waals surface area contributed by atoms with Crippen molar-refractivity contribution in [3.05, 3.63) is 47.5 Å². The Bertz CT molecular complexity index is 947. The second kappa shape index (κ2) is 9.53. The molecule has 0 saturated carbocycles. The Morgan fingerprint density at radius 1 is 0.800 bits per heavy atom. The van der Waals surface area contributed by atoms with Crippen LogP contribution in [-0.4, -0.2) is 62.6 Å². The minimum absolute atomic E-state index is 0.285. The van der Waals surface area contributed by atoms with Crippen LogP contribution in [0.4, 0.5) is 0 Å². The average Bonchev–Trinajstić information content (AvgIpc) is 3.25. The molecule has 0 radical (unpaired) electrons. The van der Waals surface area contributed by atoms with E-state index < -0.39 is 5.91 Å². The monoisotopic (exact) mass is 430 g/mol. The van der Waals surface area contributed by atoms with E-state index >= 15 is 0 Å². The molecular formula is C21H22N2O6S. The van der Waals surface area contributed by atoms with Gasteiger partial charge >= 0.3 is 0 Å². The van der Waals surface area contributed by atoms with Crippen LogP contribution in [0.1, 0.15) is 20.7 Å². The van der Waals surface area contributed by atoms with Gasteiger partial charge in [0, 0.05) is 35.6 Å². The van der Waals surface area contributed by atoms with E-state index in [4.69, 9.17) is 18.9 Å². The van der Waals surface area contributed by atoms with Gasteiger partial charge in [-0.25, -0.2) is 0 Å². The van der Waals surface area contributed by atoms with Gasteiger partial charge in [-0.3, -0.25) is 14.5 Å². The molecule has 158 valence electrons. The second-order valence-electron chi connectivity index (χ2n) is 6.21. The number of hydrogen-bond donors (Lipinski definition) is 0. The Balaban J connectivity index is 1.89. The predicted octanol–water partition coefficient (Wildman–Crippen LogP) is 3.11. The fourth-order valence-corrected chi connectivity index (χ4v) is 3.79. The lowest BCUT2D eigenvalue weighted by Gasteiger charge is -2.17. The molecule has 0 N–H and O–H groups in total. The molecule has 1 fully saturated rings. The van der Waals surface area contributed by atoms with Crippen molar-refractivity contribution in [1.82, 2.24) is 4.90 Å². The van der Waals surface area contributed by atoms with Crippen LogP contribution in [0.5, 0.6) is 23.0 Å². The summed E-state index contributed by atoms with van der Waals surface area (Å²) in [5.41, 5.74) is 0.693. The molecule has 2 aromatic rings. The van der Waals surface area contributed by atoms with Crippen molar-refractivity contribution < 1.29 is 28.5 Å².